The van der Waals surface area contributed by atoms with Gasteiger partial charge in [-0.15, -0.1) is 0 Å². The maximum Gasteiger partial charge on any atom is 0.319 e. The van der Waals surface area contributed by atoms with Crippen molar-refractivity contribution in [3.05, 3.63) is 65.0 Å². The molecule has 0 unspecified atom stereocenters. The van der Waals surface area contributed by atoms with E-state index >= 15 is 0 Å². The van der Waals surface area contributed by atoms with E-state index in [0.717, 1.165) is 37.1 Å². The molecule has 0 aliphatic carbocycles. The summed E-state index contributed by atoms with van der Waals surface area (Å²) in [6.07, 6.45) is 2.71. The number of aryl methyl sites for hydroxylation is 1. The molecule has 0 spiro atoms. The third kappa shape index (κ3) is 5.79. The average Bonchev–Trinajstić information content (AvgIpc) is 2.71. The smallest absolute Gasteiger partial charge is 0.319 e. The van der Waals surface area contributed by atoms with Gasteiger partial charge < -0.3 is 15.5 Å². The molecule has 2 N–H and O–H groups in total. The van der Waals surface area contributed by atoms with Gasteiger partial charge >= 0.3 is 6.03 Å². The van der Waals surface area contributed by atoms with Gasteiger partial charge in [0.1, 0.15) is 5.82 Å². The van der Waals surface area contributed by atoms with Crippen LogP contribution in [0.15, 0.2) is 42.5 Å². The van der Waals surface area contributed by atoms with Crippen molar-refractivity contribution in [3.8, 4) is 0 Å². The first-order chi connectivity index (χ1) is 13.9. The van der Waals surface area contributed by atoms with Crippen LogP contribution in [0.4, 0.5) is 14.9 Å². The van der Waals surface area contributed by atoms with Crippen molar-refractivity contribution >= 4 is 17.6 Å². The number of hydrogen-bond acceptors (Lipinski definition) is 2. The highest BCUT2D eigenvalue weighted by molar-refractivity contribution is 5.96. The minimum atomic E-state index is -0.306. The second-order valence-electron chi connectivity index (χ2n) is 7.76. The van der Waals surface area contributed by atoms with Crippen LogP contribution in [0.25, 0.3) is 0 Å². The van der Waals surface area contributed by atoms with E-state index in [1.807, 2.05) is 17.9 Å². The zero-order valence-electron chi connectivity index (χ0n) is 17.0. The molecule has 1 fully saturated rings. The molecule has 2 aromatic carbocycles. The number of urea groups is 1. The largest absolute Gasteiger partial charge is 0.339 e. The predicted octanol–water partition coefficient (Wildman–Crippen LogP) is 4.37. The van der Waals surface area contributed by atoms with E-state index in [1.54, 1.807) is 24.3 Å². The molecule has 1 saturated heterocycles. The van der Waals surface area contributed by atoms with Crippen LogP contribution < -0.4 is 10.6 Å². The minimum absolute atomic E-state index is 0.0512. The van der Waals surface area contributed by atoms with E-state index in [-0.39, 0.29) is 17.8 Å². The Kier molecular flexibility index (Phi) is 6.86. The Balaban J connectivity index is 1.51. The zero-order chi connectivity index (χ0) is 20.8. The van der Waals surface area contributed by atoms with Crippen molar-refractivity contribution in [1.29, 1.82) is 0 Å². The molecule has 0 bridgehead atoms. The number of anilines is 1. The fourth-order valence-corrected chi connectivity index (χ4v) is 3.47. The number of nitrogens with one attached hydrogen (secondary N) is 2. The summed E-state index contributed by atoms with van der Waals surface area (Å²) in [6, 6.07) is 11.3. The van der Waals surface area contributed by atoms with E-state index < -0.39 is 0 Å². The quantitative estimate of drug-likeness (QED) is 0.787. The Morgan fingerprint density at radius 2 is 1.79 bits per heavy atom. The molecule has 6 heteroatoms. The lowest BCUT2D eigenvalue weighted by molar-refractivity contribution is 0.0697. The van der Waals surface area contributed by atoms with Crippen LogP contribution in [0.2, 0.25) is 0 Å². The number of hydrogen-bond donors (Lipinski definition) is 2. The van der Waals surface area contributed by atoms with E-state index in [2.05, 4.69) is 17.6 Å². The Hall–Kier alpha value is -2.89. The topological polar surface area (TPSA) is 61.4 Å². The van der Waals surface area contributed by atoms with Crippen molar-refractivity contribution in [2.24, 2.45) is 5.92 Å². The van der Waals surface area contributed by atoms with Crippen molar-refractivity contribution in [1.82, 2.24) is 10.2 Å². The van der Waals surface area contributed by atoms with Crippen LogP contribution >= 0.6 is 0 Å². The van der Waals surface area contributed by atoms with Gasteiger partial charge in [-0.05, 0) is 73.6 Å². The number of carbonyl (C=O) groups excluding carboxylic acids is 2. The van der Waals surface area contributed by atoms with Crippen molar-refractivity contribution < 1.29 is 14.0 Å². The molecule has 29 heavy (non-hydrogen) atoms. The summed E-state index contributed by atoms with van der Waals surface area (Å²) < 4.78 is 12.9. The molecule has 5 nitrogen and oxygen atoms in total. The summed E-state index contributed by atoms with van der Waals surface area (Å²) in [5.74, 6) is 0.455. The van der Waals surface area contributed by atoms with E-state index in [9.17, 15) is 14.0 Å². The van der Waals surface area contributed by atoms with Crippen LogP contribution in [-0.2, 0) is 6.42 Å². The van der Waals surface area contributed by atoms with Crippen molar-refractivity contribution in [2.45, 2.75) is 33.1 Å². The molecule has 154 valence electrons. The van der Waals surface area contributed by atoms with Crippen molar-refractivity contribution in [3.63, 3.8) is 0 Å². The molecular weight excluding hydrogens is 369 g/mol. The molecule has 3 amide bonds. The van der Waals surface area contributed by atoms with E-state index in [1.165, 1.54) is 12.1 Å². The monoisotopic (exact) mass is 397 g/mol. The molecule has 3 rings (SSSR count). The second kappa shape index (κ2) is 9.54. The average molecular weight is 397 g/mol. The predicted molar refractivity (Wildman–Crippen MR) is 113 cm³/mol. The first-order valence-electron chi connectivity index (χ1n) is 10.1. The number of amides is 3. The molecule has 0 atom stereocenters. The maximum atomic E-state index is 12.9. The van der Waals surface area contributed by atoms with Crippen LogP contribution in [0, 0.1) is 18.7 Å². The Morgan fingerprint density at radius 3 is 2.45 bits per heavy atom. The number of likely N-dealkylation sites (tertiary alicyclic amines) is 1. The van der Waals surface area contributed by atoms with Gasteiger partial charge in [0.25, 0.3) is 5.91 Å². The summed E-state index contributed by atoms with van der Waals surface area (Å²) in [5, 5.41) is 5.62. The fraction of sp³-hybridized carbons (Fsp3) is 0.391. The SMILES string of the molecule is Cc1cc(C(=O)N2CCC(C)CC2)ccc1NC(=O)NCCc1ccc(F)cc1. The lowest BCUT2D eigenvalue weighted by Crippen LogP contribution is -2.38. The summed E-state index contributed by atoms with van der Waals surface area (Å²) in [6.45, 7) is 6.14. The molecule has 0 radical (unpaired) electrons. The molecule has 0 aromatic heterocycles. The van der Waals surface area contributed by atoms with E-state index in [4.69, 9.17) is 0 Å². The second-order valence-corrected chi connectivity index (χ2v) is 7.76. The summed E-state index contributed by atoms with van der Waals surface area (Å²) in [5.41, 5.74) is 3.13. The molecule has 1 aliphatic heterocycles. The molecule has 1 aliphatic rings. The number of rotatable bonds is 5. The van der Waals surface area contributed by atoms with Gasteiger partial charge in [0.15, 0.2) is 0 Å². The van der Waals surface area contributed by atoms with Crippen LogP contribution in [0.1, 0.15) is 41.3 Å². The Bertz CT molecular complexity index is 859. The van der Waals surface area contributed by atoms with E-state index in [0.29, 0.717) is 30.1 Å². The van der Waals surface area contributed by atoms with Crippen LogP contribution in [0.3, 0.4) is 0 Å². The molecular formula is C23H28FN3O2. The number of halogens is 1. The number of nitrogens with zero attached hydrogens (tertiary/aromatic N) is 1. The van der Waals surface area contributed by atoms with Gasteiger partial charge in [0.2, 0.25) is 0 Å². The van der Waals surface area contributed by atoms with Crippen molar-refractivity contribution in [2.75, 3.05) is 25.0 Å². The minimum Gasteiger partial charge on any atom is -0.339 e. The van der Waals surface area contributed by atoms with Gasteiger partial charge in [0.05, 0.1) is 0 Å². The lowest BCUT2D eigenvalue weighted by Gasteiger charge is -2.30. The Labute approximate surface area is 171 Å². The maximum absolute atomic E-state index is 12.9. The van der Waals surface area contributed by atoms with Gasteiger partial charge in [-0.25, -0.2) is 9.18 Å². The molecule has 2 aromatic rings. The standard InChI is InChI=1S/C23H28FN3O2/c1-16-10-13-27(14-11-16)22(28)19-5-8-21(17(2)15-19)26-23(29)25-12-9-18-3-6-20(24)7-4-18/h3-8,15-16H,9-14H2,1-2H3,(H2,25,26,29). The first-order valence-corrected chi connectivity index (χ1v) is 10.1. The van der Waals surface area contributed by atoms with Gasteiger partial charge in [0, 0.05) is 30.9 Å². The highest BCUT2D eigenvalue weighted by Gasteiger charge is 2.21. The summed E-state index contributed by atoms with van der Waals surface area (Å²) in [4.78, 5) is 26.7. The first kappa shape index (κ1) is 20.8. The summed E-state index contributed by atoms with van der Waals surface area (Å²) >= 11 is 0. The van der Waals surface area contributed by atoms with Crippen LogP contribution in [0.5, 0.6) is 0 Å². The molecule has 0 saturated carbocycles. The van der Waals surface area contributed by atoms with Gasteiger partial charge in [-0.1, -0.05) is 19.1 Å². The normalized spacial score (nSPS) is 14.5. The van der Waals surface area contributed by atoms with Gasteiger partial charge in [-0.3, -0.25) is 4.79 Å². The lowest BCUT2D eigenvalue weighted by atomic mass is 9.98. The Morgan fingerprint density at radius 1 is 1.10 bits per heavy atom. The highest BCUT2D eigenvalue weighted by Crippen LogP contribution is 2.21. The fourth-order valence-electron chi connectivity index (χ4n) is 3.47. The third-order valence-corrected chi connectivity index (χ3v) is 5.40. The zero-order valence-corrected chi connectivity index (χ0v) is 17.0. The van der Waals surface area contributed by atoms with Crippen LogP contribution in [-0.4, -0.2) is 36.5 Å². The number of benzene rings is 2. The molecule has 1 heterocycles. The third-order valence-electron chi connectivity index (χ3n) is 5.40. The highest BCUT2D eigenvalue weighted by atomic mass is 19.1. The summed E-state index contributed by atoms with van der Waals surface area (Å²) in [7, 11) is 0. The number of carbonyl (C=O) groups is 2. The number of piperidine rings is 1. The van der Waals surface area contributed by atoms with Gasteiger partial charge in [-0.2, -0.15) is 0 Å².